The molecular formula is C21H34N2O2. The Morgan fingerprint density at radius 2 is 1.28 bits per heavy atom. The standard InChI is InChI=1S/C21H34N2O2/c1-13(2)15-11-10-12-16(14(3)4)17(15)22-18(24)21(8,9)19(25)23-20(5,6)7/h10-14H,1-9H3,(H,22,24)(H,23,25). The van der Waals surface area contributed by atoms with Gasteiger partial charge in [-0.3, -0.25) is 9.59 Å². The molecule has 4 heteroatoms. The Hall–Kier alpha value is -1.84. The van der Waals surface area contributed by atoms with E-state index in [2.05, 4.69) is 38.3 Å². The molecule has 0 saturated heterocycles. The van der Waals surface area contributed by atoms with Crippen LogP contribution in [0.2, 0.25) is 0 Å². The smallest absolute Gasteiger partial charge is 0.239 e. The minimum absolute atomic E-state index is 0.273. The van der Waals surface area contributed by atoms with Crippen LogP contribution in [0.1, 0.15) is 85.3 Å². The molecule has 140 valence electrons. The summed E-state index contributed by atoms with van der Waals surface area (Å²) in [6.45, 7) is 17.5. The molecule has 0 radical (unpaired) electrons. The SMILES string of the molecule is CC(C)c1cccc(C(C)C)c1NC(=O)C(C)(C)C(=O)NC(C)(C)C. The molecule has 0 fully saturated rings. The Labute approximate surface area is 152 Å². The molecule has 0 aliphatic rings. The second-order valence-electron chi connectivity index (χ2n) is 8.90. The van der Waals surface area contributed by atoms with Gasteiger partial charge in [-0.05, 0) is 57.6 Å². The highest BCUT2D eigenvalue weighted by atomic mass is 16.2. The third kappa shape index (κ3) is 5.32. The Kier molecular flexibility index (Phi) is 6.44. The normalized spacial score (nSPS) is 12.4. The van der Waals surface area contributed by atoms with Crippen molar-refractivity contribution < 1.29 is 9.59 Å². The first-order valence-electron chi connectivity index (χ1n) is 9.04. The van der Waals surface area contributed by atoms with E-state index in [1.54, 1.807) is 13.8 Å². The number of rotatable bonds is 5. The van der Waals surface area contributed by atoms with Gasteiger partial charge in [-0.1, -0.05) is 45.9 Å². The monoisotopic (exact) mass is 346 g/mol. The molecule has 0 unspecified atom stereocenters. The lowest BCUT2D eigenvalue weighted by Crippen LogP contribution is -2.51. The minimum Gasteiger partial charge on any atom is -0.351 e. The number of hydrogen-bond acceptors (Lipinski definition) is 2. The molecule has 2 N–H and O–H groups in total. The first-order valence-corrected chi connectivity index (χ1v) is 9.04. The molecule has 0 atom stereocenters. The number of hydrogen-bond donors (Lipinski definition) is 2. The first kappa shape index (κ1) is 21.2. The number of nitrogens with one attached hydrogen (secondary N) is 2. The van der Waals surface area contributed by atoms with Crippen LogP contribution in [0.5, 0.6) is 0 Å². The molecule has 0 heterocycles. The van der Waals surface area contributed by atoms with Crippen LogP contribution >= 0.6 is 0 Å². The Morgan fingerprint density at radius 3 is 1.64 bits per heavy atom. The Morgan fingerprint density at radius 1 is 0.840 bits per heavy atom. The second-order valence-corrected chi connectivity index (χ2v) is 8.90. The van der Waals surface area contributed by atoms with Gasteiger partial charge in [-0.25, -0.2) is 0 Å². The van der Waals surface area contributed by atoms with Gasteiger partial charge in [0.2, 0.25) is 11.8 Å². The summed E-state index contributed by atoms with van der Waals surface area (Å²) in [5.74, 6) is -0.00379. The molecule has 1 aromatic carbocycles. The van der Waals surface area contributed by atoms with Gasteiger partial charge < -0.3 is 10.6 Å². The van der Waals surface area contributed by atoms with E-state index in [1.807, 2.05) is 39.0 Å². The zero-order valence-electron chi connectivity index (χ0n) is 17.2. The van der Waals surface area contributed by atoms with Gasteiger partial charge in [0.05, 0.1) is 0 Å². The number of benzene rings is 1. The van der Waals surface area contributed by atoms with Crippen molar-refractivity contribution in [1.29, 1.82) is 0 Å². The van der Waals surface area contributed by atoms with Crippen LogP contribution in [-0.4, -0.2) is 17.4 Å². The molecule has 0 bridgehead atoms. The fraction of sp³-hybridized carbons (Fsp3) is 0.619. The summed E-state index contributed by atoms with van der Waals surface area (Å²) in [4.78, 5) is 25.5. The largest absolute Gasteiger partial charge is 0.351 e. The average molecular weight is 347 g/mol. The second kappa shape index (κ2) is 7.59. The van der Waals surface area contributed by atoms with Gasteiger partial charge >= 0.3 is 0 Å². The van der Waals surface area contributed by atoms with Crippen LogP contribution in [0.3, 0.4) is 0 Å². The summed E-state index contributed by atoms with van der Waals surface area (Å²) in [7, 11) is 0. The molecule has 1 aromatic rings. The summed E-state index contributed by atoms with van der Waals surface area (Å²) in [6.07, 6.45) is 0. The number of anilines is 1. The lowest BCUT2D eigenvalue weighted by atomic mass is 9.88. The fourth-order valence-corrected chi connectivity index (χ4v) is 2.57. The predicted octanol–water partition coefficient (Wildman–Crippen LogP) is 4.81. The highest BCUT2D eigenvalue weighted by Gasteiger charge is 2.38. The zero-order chi connectivity index (χ0) is 19.6. The predicted molar refractivity (Wildman–Crippen MR) is 105 cm³/mol. The maximum atomic E-state index is 12.9. The number of carbonyl (C=O) groups is 2. The third-order valence-corrected chi connectivity index (χ3v) is 4.24. The van der Waals surface area contributed by atoms with E-state index >= 15 is 0 Å². The summed E-state index contributed by atoms with van der Waals surface area (Å²) in [6, 6.07) is 6.10. The van der Waals surface area contributed by atoms with Gasteiger partial charge in [-0.2, -0.15) is 0 Å². The summed E-state index contributed by atoms with van der Waals surface area (Å²) >= 11 is 0. The maximum Gasteiger partial charge on any atom is 0.239 e. The van der Waals surface area contributed by atoms with E-state index in [9.17, 15) is 9.59 Å². The third-order valence-electron chi connectivity index (χ3n) is 4.24. The molecule has 0 spiro atoms. The highest BCUT2D eigenvalue weighted by Crippen LogP contribution is 2.33. The van der Waals surface area contributed by atoms with Crippen molar-refractivity contribution in [3.05, 3.63) is 29.3 Å². The van der Waals surface area contributed by atoms with Crippen LogP contribution in [0.15, 0.2) is 18.2 Å². The number of para-hydroxylation sites is 1. The fourth-order valence-electron chi connectivity index (χ4n) is 2.57. The quantitative estimate of drug-likeness (QED) is 0.752. The molecule has 2 amide bonds. The van der Waals surface area contributed by atoms with Crippen LogP contribution in [0, 0.1) is 5.41 Å². The van der Waals surface area contributed by atoms with Gasteiger partial charge in [0.1, 0.15) is 5.41 Å². The maximum absolute atomic E-state index is 12.9. The van der Waals surface area contributed by atoms with E-state index in [4.69, 9.17) is 0 Å². The van der Waals surface area contributed by atoms with Crippen molar-refractivity contribution >= 4 is 17.5 Å². The van der Waals surface area contributed by atoms with Crippen LogP contribution in [0.4, 0.5) is 5.69 Å². The van der Waals surface area contributed by atoms with Crippen molar-refractivity contribution in [2.45, 2.75) is 79.7 Å². The molecular weight excluding hydrogens is 312 g/mol. The Balaban J connectivity index is 3.20. The van der Waals surface area contributed by atoms with Crippen molar-refractivity contribution in [2.75, 3.05) is 5.32 Å². The Bertz CT molecular complexity index is 612. The summed E-state index contributed by atoms with van der Waals surface area (Å²) < 4.78 is 0. The van der Waals surface area contributed by atoms with Gasteiger partial charge in [0, 0.05) is 11.2 Å². The molecule has 0 aliphatic heterocycles. The minimum atomic E-state index is -1.16. The van der Waals surface area contributed by atoms with Crippen LogP contribution in [-0.2, 0) is 9.59 Å². The molecule has 1 rings (SSSR count). The molecule has 0 aliphatic carbocycles. The van der Waals surface area contributed by atoms with Crippen molar-refractivity contribution in [2.24, 2.45) is 5.41 Å². The summed E-state index contributed by atoms with van der Waals surface area (Å²) in [5, 5.41) is 5.95. The lowest BCUT2D eigenvalue weighted by Gasteiger charge is -2.30. The van der Waals surface area contributed by atoms with E-state index in [0.29, 0.717) is 0 Å². The average Bonchev–Trinajstić information content (AvgIpc) is 2.44. The molecule has 4 nitrogen and oxygen atoms in total. The molecule has 0 aromatic heterocycles. The molecule has 0 saturated carbocycles. The van der Waals surface area contributed by atoms with Crippen molar-refractivity contribution in [3.63, 3.8) is 0 Å². The van der Waals surface area contributed by atoms with E-state index in [0.717, 1.165) is 16.8 Å². The van der Waals surface area contributed by atoms with Gasteiger partial charge in [0.15, 0.2) is 0 Å². The van der Waals surface area contributed by atoms with E-state index < -0.39 is 5.41 Å². The van der Waals surface area contributed by atoms with Crippen LogP contribution < -0.4 is 10.6 Å². The first-order chi connectivity index (χ1) is 11.3. The topological polar surface area (TPSA) is 58.2 Å². The van der Waals surface area contributed by atoms with E-state index in [-0.39, 0.29) is 29.2 Å². The van der Waals surface area contributed by atoms with E-state index in [1.165, 1.54) is 0 Å². The molecule has 25 heavy (non-hydrogen) atoms. The van der Waals surface area contributed by atoms with Crippen LogP contribution in [0.25, 0.3) is 0 Å². The van der Waals surface area contributed by atoms with Gasteiger partial charge in [-0.15, -0.1) is 0 Å². The highest BCUT2D eigenvalue weighted by molar-refractivity contribution is 6.10. The lowest BCUT2D eigenvalue weighted by molar-refractivity contribution is -0.139. The van der Waals surface area contributed by atoms with Crippen molar-refractivity contribution in [3.8, 4) is 0 Å². The van der Waals surface area contributed by atoms with Gasteiger partial charge in [0.25, 0.3) is 0 Å². The zero-order valence-corrected chi connectivity index (χ0v) is 17.2. The number of amides is 2. The van der Waals surface area contributed by atoms with Crippen molar-refractivity contribution in [1.82, 2.24) is 5.32 Å². The summed E-state index contributed by atoms with van der Waals surface area (Å²) in [5.41, 5.74) is 1.48. The number of carbonyl (C=O) groups excluding carboxylic acids is 2.